The third-order valence-corrected chi connectivity index (χ3v) is 11.5. The third-order valence-electron chi connectivity index (χ3n) is 11.5. The minimum atomic E-state index is -0.199. The van der Waals surface area contributed by atoms with E-state index in [9.17, 15) is 14.4 Å². The standard InChI is InChI=1S/C54H39N3O3/c58-52-43-21-27-50(28-22-43)56(35-38-14-17-41-8-2-5-11-47(41)32-38)54(60)45-23-29-51(30-24-45)57(36-39-15-18-42-9-3-6-12-48(42)33-39)53(59)44-19-25-49(26-20-44)55(52)34-37-13-16-40-7-1-4-10-46(40)31-37/h1-33H,34-36H2. The van der Waals surface area contributed by atoms with E-state index in [0.717, 1.165) is 49.0 Å². The molecule has 13 rings (SSSR count). The molecule has 6 bridgehead atoms. The van der Waals surface area contributed by atoms with Crippen LogP contribution in [0.25, 0.3) is 65.0 Å². The first-order chi connectivity index (χ1) is 29.4. The van der Waals surface area contributed by atoms with Crippen molar-refractivity contribution in [3.05, 3.63) is 248 Å². The molecule has 0 aliphatic carbocycles. The van der Waals surface area contributed by atoms with E-state index in [4.69, 9.17) is 0 Å². The van der Waals surface area contributed by atoms with Gasteiger partial charge < -0.3 is 13.7 Å². The van der Waals surface area contributed by atoms with Crippen LogP contribution in [0.5, 0.6) is 0 Å². The quantitative estimate of drug-likeness (QED) is 0.169. The average molecular weight is 778 g/mol. The van der Waals surface area contributed by atoms with Crippen LogP contribution in [-0.2, 0) is 19.6 Å². The van der Waals surface area contributed by atoms with Crippen LogP contribution in [0.2, 0.25) is 0 Å². The number of hydrogen-bond donors (Lipinski definition) is 0. The Morgan fingerprint density at radius 1 is 0.250 bits per heavy atom. The molecule has 0 amide bonds. The van der Waals surface area contributed by atoms with Gasteiger partial charge in [-0.3, -0.25) is 14.4 Å². The highest BCUT2D eigenvalue weighted by atomic mass is 16.1. The molecule has 288 valence electrons. The molecule has 0 aliphatic heterocycles. The van der Waals surface area contributed by atoms with Gasteiger partial charge in [-0.1, -0.05) is 109 Å². The van der Waals surface area contributed by atoms with E-state index >= 15 is 0 Å². The minimum Gasteiger partial charge on any atom is -0.304 e. The molecule has 0 N–H and O–H groups in total. The molecule has 0 atom stereocenters. The van der Waals surface area contributed by atoms with Crippen molar-refractivity contribution in [1.29, 1.82) is 0 Å². The van der Waals surface area contributed by atoms with Crippen LogP contribution < -0.4 is 16.7 Å². The summed E-state index contributed by atoms with van der Waals surface area (Å²) in [6.45, 7) is 0.932. The fourth-order valence-electron chi connectivity index (χ4n) is 8.22. The molecule has 4 heterocycles. The van der Waals surface area contributed by atoms with Gasteiger partial charge in [-0.15, -0.1) is 0 Å². The molecule has 4 aromatic heterocycles. The molecule has 0 radical (unpaired) electrons. The van der Waals surface area contributed by atoms with E-state index in [2.05, 4.69) is 72.8 Å². The Labute approximate surface area is 345 Å². The molecule has 6 nitrogen and oxygen atoms in total. The smallest absolute Gasteiger partial charge is 0.258 e. The highest BCUT2D eigenvalue weighted by Gasteiger charge is 2.09. The second-order valence-electron chi connectivity index (χ2n) is 15.4. The molecule has 13 aromatic rings. The lowest BCUT2D eigenvalue weighted by Crippen LogP contribution is -2.21. The van der Waals surface area contributed by atoms with E-state index in [1.165, 1.54) is 0 Å². The Morgan fingerprint density at radius 3 is 0.750 bits per heavy atom. The second-order valence-corrected chi connectivity index (χ2v) is 15.4. The average Bonchev–Trinajstić information content (AvgIpc) is 3.31. The Kier molecular flexibility index (Phi) is 9.43. The van der Waals surface area contributed by atoms with E-state index in [1.54, 1.807) is 50.1 Å². The van der Waals surface area contributed by atoms with Gasteiger partial charge in [0.05, 0.1) is 19.6 Å². The molecule has 0 saturated heterocycles. The largest absolute Gasteiger partial charge is 0.304 e. The highest BCUT2D eigenvalue weighted by molar-refractivity contribution is 5.84. The van der Waals surface area contributed by atoms with E-state index in [0.29, 0.717) is 52.3 Å². The number of fused-ring (bicyclic) bond motifs is 6. The van der Waals surface area contributed by atoms with E-state index in [1.807, 2.05) is 91.0 Å². The zero-order valence-electron chi connectivity index (χ0n) is 32.7. The maximum Gasteiger partial charge on any atom is 0.258 e. The van der Waals surface area contributed by atoms with Crippen molar-refractivity contribution in [2.45, 2.75) is 19.6 Å². The molecule has 0 spiro atoms. The van der Waals surface area contributed by atoms with Gasteiger partial charge in [-0.2, -0.15) is 0 Å². The van der Waals surface area contributed by atoms with Crippen molar-refractivity contribution in [3.8, 4) is 0 Å². The Hall–Kier alpha value is -7.83. The van der Waals surface area contributed by atoms with Crippen molar-refractivity contribution >= 4 is 65.0 Å². The third kappa shape index (κ3) is 7.16. The SMILES string of the molecule is O=c1c2ccc(cc2)n(Cc2ccc3ccccc3c2)c(=O)c2ccc(cc2)n(Cc2ccc3ccccc3c2)c(=O)c2ccc(cc2)n1Cc1ccc2ccccc2c1. The summed E-state index contributed by atoms with van der Waals surface area (Å²) < 4.78 is 5.25. The first kappa shape index (κ1) is 36.5. The van der Waals surface area contributed by atoms with Gasteiger partial charge >= 0.3 is 0 Å². The van der Waals surface area contributed by atoms with Crippen molar-refractivity contribution in [2.24, 2.45) is 0 Å². The number of aromatic nitrogens is 3. The summed E-state index contributed by atoms with van der Waals surface area (Å²) >= 11 is 0. The lowest BCUT2D eigenvalue weighted by atomic mass is 10.1. The van der Waals surface area contributed by atoms with Crippen molar-refractivity contribution in [1.82, 2.24) is 13.7 Å². The minimum absolute atomic E-state index is 0.199. The molecular weight excluding hydrogens is 739 g/mol. The monoisotopic (exact) mass is 777 g/mol. The van der Waals surface area contributed by atoms with Crippen LogP contribution in [-0.4, -0.2) is 13.7 Å². The van der Waals surface area contributed by atoms with Gasteiger partial charge in [0.2, 0.25) is 0 Å². The Balaban J connectivity index is 1.22. The number of nitrogens with zero attached hydrogens (tertiary/aromatic N) is 3. The van der Waals surface area contributed by atoms with Gasteiger partial charge in [-0.25, -0.2) is 0 Å². The molecule has 0 unspecified atom stereocenters. The Morgan fingerprint density at radius 2 is 0.483 bits per heavy atom. The van der Waals surface area contributed by atoms with Crippen molar-refractivity contribution in [3.63, 3.8) is 0 Å². The van der Waals surface area contributed by atoms with Crippen LogP contribution in [0.1, 0.15) is 16.7 Å². The molecule has 6 heteroatoms. The molecule has 0 fully saturated rings. The van der Waals surface area contributed by atoms with Gasteiger partial charge in [0, 0.05) is 32.7 Å². The number of hydrogen-bond acceptors (Lipinski definition) is 3. The fourth-order valence-corrected chi connectivity index (χ4v) is 8.22. The summed E-state index contributed by atoms with van der Waals surface area (Å²) in [7, 11) is 0. The lowest BCUT2D eigenvalue weighted by Gasteiger charge is -2.11. The first-order valence-electron chi connectivity index (χ1n) is 20.1. The van der Waals surface area contributed by atoms with Gasteiger partial charge in [0.1, 0.15) is 0 Å². The normalized spacial score (nSPS) is 11.4. The van der Waals surface area contributed by atoms with Crippen molar-refractivity contribution < 1.29 is 0 Å². The summed E-state index contributed by atoms with van der Waals surface area (Å²) in [4.78, 5) is 43.9. The lowest BCUT2D eigenvalue weighted by molar-refractivity contribution is 0.797. The van der Waals surface area contributed by atoms with Crippen LogP contribution in [0.15, 0.2) is 215 Å². The topological polar surface area (TPSA) is 66.0 Å². The summed E-state index contributed by atoms with van der Waals surface area (Å²) in [5.74, 6) is 0. The van der Waals surface area contributed by atoms with Crippen molar-refractivity contribution in [2.75, 3.05) is 0 Å². The zero-order valence-corrected chi connectivity index (χ0v) is 32.7. The molecule has 0 saturated carbocycles. The van der Waals surface area contributed by atoms with Gasteiger partial charge in [0.15, 0.2) is 0 Å². The van der Waals surface area contributed by atoms with Gasteiger partial charge in [-0.05, 0) is 140 Å². The second kappa shape index (κ2) is 15.5. The fraction of sp³-hybridized carbons (Fsp3) is 0.0556. The maximum atomic E-state index is 14.6. The zero-order chi connectivity index (χ0) is 40.6. The summed E-state index contributed by atoms with van der Waals surface area (Å²) in [6.07, 6.45) is 0. The van der Waals surface area contributed by atoms with Crippen LogP contribution in [0.3, 0.4) is 0 Å². The van der Waals surface area contributed by atoms with Crippen LogP contribution in [0.4, 0.5) is 0 Å². The Bertz CT molecular complexity index is 3180. The van der Waals surface area contributed by atoms with Crippen LogP contribution in [0, 0.1) is 0 Å². The van der Waals surface area contributed by atoms with Gasteiger partial charge in [0.25, 0.3) is 16.7 Å². The maximum absolute atomic E-state index is 14.6. The summed E-state index contributed by atoms with van der Waals surface area (Å²) in [5.41, 5.74) is 4.30. The summed E-state index contributed by atoms with van der Waals surface area (Å²) in [6, 6.07) is 65.1. The predicted octanol–water partition coefficient (Wildman–Crippen LogP) is 10.9. The van der Waals surface area contributed by atoms with Crippen LogP contribution >= 0.6 is 0 Å². The first-order valence-corrected chi connectivity index (χ1v) is 20.1. The molecule has 60 heavy (non-hydrogen) atoms. The predicted molar refractivity (Wildman–Crippen MR) is 247 cm³/mol. The molecule has 0 aliphatic rings. The summed E-state index contributed by atoms with van der Waals surface area (Å²) in [5, 5.41) is 8.06. The highest BCUT2D eigenvalue weighted by Crippen LogP contribution is 2.20. The number of benzene rings is 9. The molecule has 9 aromatic carbocycles. The number of rotatable bonds is 6. The molecular formula is C54H39N3O3. The van der Waals surface area contributed by atoms with E-state index in [-0.39, 0.29) is 16.7 Å². The van der Waals surface area contributed by atoms with E-state index < -0.39 is 0 Å².